The van der Waals surface area contributed by atoms with Crippen molar-refractivity contribution in [2.24, 2.45) is 0 Å². The highest BCUT2D eigenvalue weighted by molar-refractivity contribution is 6.07. The maximum Gasteiger partial charge on any atom is 0.187 e. The summed E-state index contributed by atoms with van der Waals surface area (Å²) in [6, 6.07) is 41.3. The van der Waals surface area contributed by atoms with Crippen molar-refractivity contribution >= 4 is 16.7 Å². The minimum atomic E-state index is 0.599. The van der Waals surface area contributed by atoms with Crippen LogP contribution in [0.25, 0.3) is 60.9 Å². The van der Waals surface area contributed by atoms with Gasteiger partial charge >= 0.3 is 0 Å². The van der Waals surface area contributed by atoms with E-state index in [1.54, 1.807) is 6.20 Å². The number of hydrogen-bond donors (Lipinski definition) is 0. The lowest BCUT2D eigenvalue weighted by atomic mass is 10.0. The van der Waals surface area contributed by atoms with Crippen molar-refractivity contribution in [3.05, 3.63) is 156 Å². The van der Waals surface area contributed by atoms with Gasteiger partial charge in [-0.05, 0) is 73.5 Å². The molecule has 3 aromatic heterocycles. The van der Waals surface area contributed by atoms with Crippen molar-refractivity contribution in [3.63, 3.8) is 0 Å². The van der Waals surface area contributed by atoms with Crippen LogP contribution >= 0.6 is 0 Å². The van der Waals surface area contributed by atoms with Gasteiger partial charge in [0.15, 0.2) is 5.69 Å². The van der Waals surface area contributed by atoms with Crippen LogP contribution in [0.15, 0.2) is 128 Å². The number of fused-ring (bicyclic) bond motifs is 1. The summed E-state index contributed by atoms with van der Waals surface area (Å²) in [7, 11) is 0. The molecule has 5 nitrogen and oxygen atoms in total. The minimum absolute atomic E-state index is 0.599. The van der Waals surface area contributed by atoms with Gasteiger partial charge in [-0.1, -0.05) is 77.9 Å². The predicted octanol–water partition coefficient (Wildman–Crippen LogP) is 9.86. The van der Waals surface area contributed by atoms with Gasteiger partial charge in [-0.15, -0.1) is 0 Å². The molecule has 0 spiro atoms. The van der Waals surface area contributed by atoms with E-state index in [9.17, 15) is 5.26 Å². The molecule has 44 heavy (non-hydrogen) atoms. The number of aromatic nitrogens is 3. The van der Waals surface area contributed by atoms with Gasteiger partial charge in [0.2, 0.25) is 0 Å². The third-order valence-electron chi connectivity index (χ3n) is 8.03. The molecule has 0 bridgehead atoms. The Morgan fingerprint density at radius 1 is 0.705 bits per heavy atom. The average molecular weight is 566 g/mol. The van der Waals surface area contributed by atoms with Crippen LogP contribution in [0.3, 0.4) is 0 Å². The molecule has 0 aliphatic rings. The monoisotopic (exact) mass is 565 g/mol. The van der Waals surface area contributed by atoms with E-state index >= 15 is 0 Å². The number of rotatable bonds is 5. The Morgan fingerprint density at radius 2 is 1.32 bits per heavy atom. The van der Waals surface area contributed by atoms with Gasteiger partial charge in [0.05, 0.1) is 40.6 Å². The van der Waals surface area contributed by atoms with E-state index in [0.717, 1.165) is 56.0 Å². The van der Waals surface area contributed by atoms with Crippen LogP contribution in [0.4, 0.5) is 5.69 Å². The lowest BCUT2D eigenvalue weighted by molar-refractivity contribution is 1.13. The first kappa shape index (κ1) is 26.7. The standard InChI is InChI=1S/C39H27N5/c1-26-6-18-33(19-7-26)43-35(29-12-10-28(24-40)11-13-29)23-36-39(43)37(31-5-4-22-42-25-31)38(30-14-16-32(41-3)17-15-30)44(36)34-20-8-27(2)9-21-34/h4-23,25H,1-2H3. The summed E-state index contributed by atoms with van der Waals surface area (Å²) < 4.78 is 4.64. The molecule has 0 saturated heterocycles. The maximum absolute atomic E-state index is 9.47. The summed E-state index contributed by atoms with van der Waals surface area (Å²) >= 11 is 0. The topological polar surface area (TPSA) is 50.9 Å². The zero-order chi connectivity index (χ0) is 30.2. The lowest BCUT2D eigenvalue weighted by Crippen LogP contribution is -1.99. The number of aryl methyl sites for hydroxylation is 2. The third-order valence-corrected chi connectivity index (χ3v) is 8.03. The van der Waals surface area contributed by atoms with Gasteiger partial charge in [0.1, 0.15) is 0 Å². The van der Waals surface area contributed by atoms with Gasteiger partial charge in [0.25, 0.3) is 0 Å². The fourth-order valence-electron chi connectivity index (χ4n) is 5.86. The van der Waals surface area contributed by atoms with E-state index in [1.807, 2.05) is 60.8 Å². The second kappa shape index (κ2) is 10.9. The quantitative estimate of drug-likeness (QED) is 0.195. The van der Waals surface area contributed by atoms with Crippen molar-refractivity contribution in [2.75, 3.05) is 0 Å². The Bertz CT molecular complexity index is 2160. The summed E-state index contributed by atoms with van der Waals surface area (Å²) in [6.07, 6.45) is 3.71. The molecule has 0 fully saturated rings. The number of nitrogens with zero attached hydrogens (tertiary/aromatic N) is 5. The normalized spacial score (nSPS) is 10.9. The second-order valence-corrected chi connectivity index (χ2v) is 10.9. The third kappa shape index (κ3) is 4.54. The highest BCUT2D eigenvalue weighted by atomic mass is 15.1. The van der Waals surface area contributed by atoms with Crippen molar-refractivity contribution < 1.29 is 0 Å². The second-order valence-electron chi connectivity index (χ2n) is 10.9. The van der Waals surface area contributed by atoms with E-state index in [4.69, 9.17) is 6.57 Å². The minimum Gasteiger partial charge on any atom is -0.307 e. The van der Waals surface area contributed by atoms with Crippen molar-refractivity contribution in [2.45, 2.75) is 13.8 Å². The Hall–Kier alpha value is -6.17. The number of pyridine rings is 1. The van der Waals surface area contributed by atoms with E-state index in [2.05, 4.69) is 99.5 Å². The summed E-state index contributed by atoms with van der Waals surface area (Å²) in [5.41, 5.74) is 13.8. The smallest absolute Gasteiger partial charge is 0.187 e. The number of benzene rings is 4. The Morgan fingerprint density at radius 3 is 1.89 bits per heavy atom. The number of nitriles is 1. The van der Waals surface area contributed by atoms with Crippen LogP contribution in [0.5, 0.6) is 0 Å². The molecule has 0 atom stereocenters. The first-order valence-electron chi connectivity index (χ1n) is 14.4. The molecule has 0 aliphatic heterocycles. The van der Waals surface area contributed by atoms with Crippen LogP contribution in [-0.4, -0.2) is 14.1 Å². The Balaban J connectivity index is 1.68. The molecular formula is C39H27N5. The fourth-order valence-corrected chi connectivity index (χ4v) is 5.86. The largest absolute Gasteiger partial charge is 0.307 e. The molecule has 208 valence electrons. The van der Waals surface area contributed by atoms with Gasteiger partial charge in [-0.2, -0.15) is 5.26 Å². The SMILES string of the molecule is [C-]#[N+]c1ccc(-c2c(-c3cccnc3)c3c(cc(-c4ccc(C#N)cc4)n3-c3ccc(C)cc3)n2-c2ccc(C)cc2)cc1. The number of hydrogen-bond acceptors (Lipinski definition) is 2. The maximum atomic E-state index is 9.47. The lowest BCUT2D eigenvalue weighted by Gasteiger charge is -2.16. The van der Waals surface area contributed by atoms with Crippen LogP contribution in [0.2, 0.25) is 0 Å². The van der Waals surface area contributed by atoms with Gasteiger partial charge in [-0.3, -0.25) is 4.98 Å². The molecule has 3 heterocycles. The van der Waals surface area contributed by atoms with Gasteiger partial charge in [0, 0.05) is 34.9 Å². The molecule has 0 radical (unpaired) electrons. The summed E-state index contributed by atoms with van der Waals surface area (Å²) in [5.74, 6) is 0. The van der Waals surface area contributed by atoms with Gasteiger partial charge < -0.3 is 9.13 Å². The molecule has 7 aromatic rings. The average Bonchev–Trinajstić information content (AvgIpc) is 3.61. The molecular weight excluding hydrogens is 538 g/mol. The van der Waals surface area contributed by atoms with E-state index < -0.39 is 0 Å². The molecule has 0 N–H and O–H groups in total. The van der Waals surface area contributed by atoms with Crippen LogP contribution in [0, 0.1) is 31.8 Å². The molecule has 0 amide bonds. The van der Waals surface area contributed by atoms with Crippen LogP contribution in [-0.2, 0) is 0 Å². The summed E-state index contributed by atoms with van der Waals surface area (Å²) in [6.45, 7) is 11.7. The van der Waals surface area contributed by atoms with Crippen molar-refractivity contribution in [3.8, 4) is 51.1 Å². The predicted molar refractivity (Wildman–Crippen MR) is 177 cm³/mol. The molecule has 5 heteroatoms. The Kier molecular flexibility index (Phi) is 6.62. The molecule has 7 rings (SSSR count). The summed E-state index contributed by atoms with van der Waals surface area (Å²) in [4.78, 5) is 8.17. The van der Waals surface area contributed by atoms with E-state index in [-0.39, 0.29) is 0 Å². The first-order chi connectivity index (χ1) is 21.6. The highest BCUT2D eigenvalue weighted by Gasteiger charge is 2.27. The molecule has 0 aliphatic carbocycles. The zero-order valence-corrected chi connectivity index (χ0v) is 24.4. The highest BCUT2D eigenvalue weighted by Crippen LogP contribution is 2.46. The molecule has 0 saturated carbocycles. The summed E-state index contributed by atoms with van der Waals surface area (Å²) in [5, 5.41) is 9.47. The van der Waals surface area contributed by atoms with Gasteiger partial charge in [-0.25, -0.2) is 4.85 Å². The van der Waals surface area contributed by atoms with Crippen LogP contribution in [0.1, 0.15) is 16.7 Å². The van der Waals surface area contributed by atoms with Crippen molar-refractivity contribution in [1.29, 1.82) is 5.26 Å². The van der Waals surface area contributed by atoms with Crippen LogP contribution < -0.4 is 0 Å². The first-order valence-corrected chi connectivity index (χ1v) is 14.4. The Labute approximate surface area is 256 Å². The van der Waals surface area contributed by atoms with E-state index in [0.29, 0.717) is 11.3 Å². The zero-order valence-electron chi connectivity index (χ0n) is 24.4. The molecule has 4 aromatic carbocycles. The van der Waals surface area contributed by atoms with E-state index in [1.165, 1.54) is 11.1 Å². The fraction of sp³-hybridized carbons (Fsp3) is 0.0513. The molecule has 0 unspecified atom stereocenters. The van der Waals surface area contributed by atoms with Crippen molar-refractivity contribution in [1.82, 2.24) is 14.1 Å².